The molecule has 3 N–H and O–H groups in total. The molecule has 8 heteroatoms. The maximum Gasteiger partial charge on any atom is 0.244 e. The average molecular weight is 482 g/mol. The van der Waals surface area contributed by atoms with Crippen LogP contribution in [0, 0.1) is 11.8 Å². The molecule has 188 valence electrons. The zero-order chi connectivity index (χ0) is 24.2. The molecule has 0 aliphatic carbocycles. The monoisotopic (exact) mass is 481 g/mol. The van der Waals surface area contributed by atoms with Gasteiger partial charge in [0.2, 0.25) is 17.7 Å². The topological polar surface area (TPSA) is 98.7 Å². The summed E-state index contributed by atoms with van der Waals surface area (Å²) in [6.07, 6.45) is 7.77. The Morgan fingerprint density at radius 3 is 2.55 bits per heavy atom. The second kappa shape index (κ2) is 11.0. The molecule has 6 atom stereocenters. The van der Waals surface area contributed by atoms with Crippen LogP contribution in [0.1, 0.15) is 85.5 Å². The lowest BCUT2D eigenvalue weighted by Crippen LogP contribution is -2.55. The first kappa shape index (κ1) is 26.3. The molecule has 0 aromatic carbocycles. The van der Waals surface area contributed by atoms with E-state index in [4.69, 9.17) is 5.11 Å². The fourth-order valence-electron chi connectivity index (χ4n) is 6.30. The van der Waals surface area contributed by atoms with Crippen LogP contribution in [0.4, 0.5) is 0 Å². The zero-order valence-electron chi connectivity index (χ0n) is 20.8. The average Bonchev–Trinajstić information content (AvgIpc) is 3.33. The minimum atomic E-state index is -0.527. The Labute approximate surface area is 203 Å². The van der Waals surface area contributed by atoms with E-state index in [1.54, 1.807) is 16.7 Å². The standard InChI is InChI=1S/C25H43N3O4S/c1-5-11-17(3)27-22(31)20-25-13-12-24(4,33-25)18(21(30)26-14-6-2)19(25)23(32)28(20)15-9-7-8-10-16-29/h17-20,29H,5-16H2,1-4H3,(H,26,30)(H,27,31)/t17?,18-,19-,20?,24+,25?/m0/s1. The van der Waals surface area contributed by atoms with Crippen LogP contribution in [0.2, 0.25) is 0 Å². The van der Waals surface area contributed by atoms with Crippen LogP contribution in [0.25, 0.3) is 0 Å². The van der Waals surface area contributed by atoms with Crippen molar-refractivity contribution in [3.63, 3.8) is 0 Å². The van der Waals surface area contributed by atoms with Gasteiger partial charge in [0.1, 0.15) is 6.04 Å². The van der Waals surface area contributed by atoms with Gasteiger partial charge in [0.25, 0.3) is 0 Å². The first-order chi connectivity index (χ1) is 15.8. The number of likely N-dealkylation sites (tertiary alicyclic amines) is 1. The number of hydrogen-bond acceptors (Lipinski definition) is 5. The molecular formula is C25H43N3O4S. The molecule has 0 saturated carbocycles. The summed E-state index contributed by atoms with van der Waals surface area (Å²) in [7, 11) is 0. The summed E-state index contributed by atoms with van der Waals surface area (Å²) in [5.41, 5.74) is 0. The Balaban J connectivity index is 1.88. The van der Waals surface area contributed by atoms with Crippen molar-refractivity contribution in [3.8, 4) is 0 Å². The normalized spacial score (nSPS) is 33.3. The quantitative estimate of drug-likeness (QED) is 0.351. The van der Waals surface area contributed by atoms with Crippen molar-refractivity contribution in [2.24, 2.45) is 11.8 Å². The molecule has 3 aliphatic rings. The van der Waals surface area contributed by atoms with Gasteiger partial charge in [0.05, 0.1) is 16.6 Å². The number of nitrogens with one attached hydrogen (secondary N) is 2. The molecule has 3 fully saturated rings. The van der Waals surface area contributed by atoms with Gasteiger partial charge < -0.3 is 20.6 Å². The van der Waals surface area contributed by atoms with Crippen LogP contribution >= 0.6 is 11.8 Å². The van der Waals surface area contributed by atoms with E-state index in [1.807, 2.05) is 13.8 Å². The minimum absolute atomic E-state index is 0.0203. The first-order valence-electron chi connectivity index (χ1n) is 12.9. The molecule has 3 aliphatic heterocycles. The summed E-state index contributed by atoms with van der Waals surface area (Å²) in [6, 6.07) is -0.467. The Bertz CT molecular complexity index is 734. The third kappa shape index (κ3) is 4.93. The lowest BCUT2D eigenvalue weighted by molar-refractivity contribution is -0.140. The van der Waals surface area contributed by atoms with E-state index in [-0.39, 0.29) is 35.1 Å². The number of nitrogens with zero attached hydrogens (tertiary/aromatic N) is 1. The van der Waals surface area contributed by atoms with E-state index in [9.17, 15) is 14.4 Å². The summed E-state index contributed by atoms with van der Waals surface area (Å²) >= 11 is 1.74. The zero-order valence-corrected chi connectivity index (χ0v) is 21.6. The number of rotatable bonds is 13. The molecule has 1 spiro atoms. The number of fused-ring (bicyclic) bond motifs is 1. The van der Waals surface area contributed by atoms with Crippen molar-refractivity contribution in [1.29, 1.82) is 0 Å². The van der Waals surface area contributed by atoms with Crippen LogP contribution in [0.15, 0.2) is 0 Å². The largest absolute Gasteiger partial charge is 0.396 e. The maximum absolute atomic E-state index is 13.9. The Morgan fingerprint density at radius 1 is 1.15 bits per heavy atom. The van der Waals surface area contributed by atoms with Crippen LogP contribution in [-0.4, -0.2) is 69.0 Å². The number of carbonyl (C=O) groups is 3. The van der Waals surface area contributed by atoms with E-state index in [1.165, 1.54) is 0 Å². The van der Waals surface area contributed by atoms with Gasteiger partial charge in [-0.05, 0) is 52.4 Å². The van der Waals surface area contributed by atoms with E-state index in [2.05, 4.69) is 24.5 Å². The molecule has 0 radical (unpaired) electrons. The highest BCUT2D eigenvalue weighted by molar-refractivity contribution is 8.02. The highest BCUT2D eigenvalue weighted by Gasteiger charge is 2.76. The van der Waals surface area contributed by atoms with Gasteiger partial charge in [-0.3, -0.25) is 14.4 Å². The summed E-state index contributed by atoms with van der Waals surface area (Å²) in [6.45, 7) is 9.58. The van der Waals surface area contributed by atoms with Crippen LogP contribution in [0.5, 0.6) is 0 Å². The van der Waals surface area contributed by atoms with E-state index >= 15 is 0 Å². The van der Waals surface area contributed by atoms with Gasteiger partial charge in [-0.1, -0.05) is 33.1 Å². The Hall–Kier alpha value is -1.28. The molecule has 3 rings (SSSR count). The molecule has 33 heavy (non-hydrogen) atoms. The smallest absolute Gasteiger partial charge is 0.244 e. The number of thioether (sulfide) groups is 1. The summed E-state index contributed by atoms with van der Waals surface area (Å²) in [4.78, 5) is 42.6. The number of hydrogen-bond donors (Lipinski definition) is 3. The van der Waals surface area contributed by atoms with Crippen molar-refractivity contribution >= 4 is 29.5 Å². The van der Waals surface area contributed by atoms with Crippen LogP contribution < -0.4 is 10.6 Å². The second-order valence-corrected chi connectivity index (χ2v) is 12.3. The number of unbranched alkanes of at least 4 members (excludes halogenated alkanes) is 3. The van der Waals surface area contributed by atoms with Gasteiger partial charge in [-0.25, -0.2) is 0 Å². The van der Waals surface area contributed by atoms with E-state index in [0.29, 0.717) is 13.1 Å². The predicted molar refractivity (Wildman–Crippen MR) is 132 cm³/mol. The van der Waals surface area contributed by atoms with E-state index < -0.39 is 22.6 Å². The molecule has 3 saturated heterocycles. The van der Waals surface area contributed by atoms with Crippen LogP contribution in [-0.2, 0) is 14.4 Å². The molecule has 3 unspecified atom stereocenters. The number of carbonyl (C=O) groups excluding carboxylic acids is 3. The van der Waals surface area contributed by atoms with Gasteiger partial charge in [-0.2, -0.15) is 0 Å². The molecule has 3 amide bonds. The predicted octanol–water partition coefficient (Wildman–Crippen LogP) is 2.85. The van der Waals surface area contributed by atoms with Gasteiger partial charge in [0.15, 0.2) is 0 Å². The first-order valence-corrected chi connectivity index (χ1v) is 13.8. The van der Waals surface area contributed by atoms with Gasteiger partial charge in [-0.15, -0.1) is 11.8 Å². The highest BCUT2D eigenvalue weighted by atomic mass is 32.2. The molecule has 0 aromatic rings. The third-order valence-corrected chi connectivity index (χ3v) is 9.76. The SMILES string of the molecule is CCCNC(=O)[C@@H]1[C@H]2C(=O)N(CCCCCCO)C(C(=O)NC(C)CCC)C23CC[C@@]1(C)S3. The number of amides is 3. The second-order valence-electron chi connectivity index (χ2n) is 10.4. The molecular weight excluding hydrogens is 438 g/mol. The molecule has 7 nitrogen and oxygen atoms in total. The van der Waals surface area contributed by atoms with Crippen molar-refractivity contribution in [1.82, 2.24) is 15.5 Å². The number of aliphatic hydroxyl groups is 1. The van der Waals surface area contributed by atoms with E-state index in [0.717, 1.165) is 57.8 Å². The fourth-order valence-corrected chi connectivity index (χ4v) is 8.66. The molecule has 2 bridgehead atoms. The summed E-state index contributed by atoms with van der Waals surface area (Å²) in [5.74, 6) is -0.942. The van der Waals surface area contributed by atoms with Crippen molar-refractivity contribution < 1.29 is 19.5 Å². The Kier molecular flexibility index (Phi) is 8.76. The van der Waals surface area contributed by atoms with Crippen molar-refractivity contribution in [3.05, 3.63) is 0 Å². The van der Waals surface area contributed by atoms with Gasteiger partial charge in [0, 0.05) is 30.5 Å². The highest BCUT2D eigenvalue weighted by Crippen LogP contribution is 2.71. The Morgan fingerprint density at radius 2 is 1.88 bits per heavy atom. The van der Waals surface area contributed by atoms with Crippen molar-refractivity contribution in [2.45, 2.75) is 107 Å². The summed E-state index contributed by atoms with van der Waals surface area (Å²) < 4.78 is -0.833. The maximum atomic E-state index is 13.9. The van der Waals surface area contributed by atoms with Gasteiger partial charge >= 0.3 is 0 Å². The number of aliphatic hydroxyl groups excluding tert-OH is 1. The molecule has 3 heterocycles. The minimum Gasteiger partial charge on any atom is -0.396 e. The van der Waals surface area contributed by atoms with Crippen molar-refractivity contribution in [2.75, 3.05) is 19.7 Å². The molecule has 0 aromatic heterocycles. The third-order valence-electron chi connectivity index (χ3n) is 7.77. The lowest BCUT2D eigenvalue weighted by atomic mass is 9.66. The fraction of sp³-hybridized carbons (Fsp3) is 0.880. The lowest BCUT2D eigenvalue weighted by Gasteiger charge is -2.35. The summed E-state index contributed by atoms with van der Waals surface area (Å²) in [5, 5.41) is 15.3. The van der Waals surface area contributed by atoms with Crippen LogP contribution in [0.3, 0.4) is 0 Å².